The number of hydrogen-bond donors (Lipinski definition) is 21. The standard InChI is InChI=1S/C74H109N19O21/c1-37(2)59-71(111)82-45(16-8-10-26-75)63(103)87-51(33-56(78)98)67(107)88-52(36-94)69(109)81-47(24-25-58(100)101)65(105)85-49(31-41-34-79-44-15-7-6-14-43(41)44)68(108)91-61(39(5)95)74(114)93-29-13-19-54(93)73(113)92-28-12-18-53(92)70(110)90-60(38(3)4)72(112)83-46(17-9-11-27-76)64(104)86-50(32-55(77)97)66(106)84-48(62(102)80-35-57(99)89-59)30-40-20-22-42(96)23-21-40/h6-7,14-15,20-23,34,37-39,45-54,59-61,79,94-96H,8-13,16-19,24-33,35-36,75-76H2,1-5H3,(H2,77,97)(H2,78,98)(H,80,102)(H,81,109)(H,82,111)(H,83,112)(H,84,106)(H,85,105)(H,86,104)(H,87,103)(H,88,107)(H,89,99)(H,90,110)(H,91,108)(H,100,101)/t39-,45+,46+,47+,48+,49+,50+,51+,52+,53+,54-,59+,60+,61+/m1/s1. The lowest BCUT2D eigenvalue weighted by molar-refractivity contribution is -0.149. The van der Waals surface area contributed by atoms with Crippen molar-refractivity contribution >= 4 is 111 Å². The molecule has 3 fully saturated rings. The molecular weight excluding hydrogens is 1490 g/mol. The first-order chi connectivity index (χ1) is 54.0. The molecule has 40 heteroatoms. The Morgan fingerprint density at radius 1 is 0.482 bits per heavy atom. The molecule has 0 saturated carbocycles. The van der Waals surface area contributed by atoms with Crippen molar-refractivity contribution in [1.82, 2.24) is 78.6 Å². The molecule has 6 rings (SSSR count). The summed E-state index contributed by atoms with van der Waals surface area (Å²) in [5.41, 5.74) is 24.1. The zero-order valence-corrected chi connectivity index (χ0v) is 64.4. The van der Waals surface area contributed by atoms with Gasteiger partial charge in [-0.3, -0.25) is 81.5 Å². The van der Waals surface area contributed by atoms with E-state index in [9.17, 15) is 102 Å². The van der Waals surface area contributed by atoms with Crippen LogP contribution in [0.2, 0.25) is 0 Å². The summed E-state index contributed by atoms with van der Waals surface area (Å²) < 4.78 is 0. The van der Waals surface area contributed by atoms with Gasteiger partial charge in [0.1, 0.15) is 84.3 Å². The molecule has 25 N–H and O–H groups in total. The number of nitrogens with two attached hydrogens (primary N) is 4. The normalized spacial score (nSPS) is 25.6. The van der Waals surface area contributed by atoms with Crippen molar-refractivity contribution in [2.75, 3.05) is 39.3 Å². The second kappa shape index (κ2) is 44.2. The van der Waals surface area contributed by atoms with E-state index in [4.69, 9.17) is 22.9 Å². The number of carbonyl (C=O) groups excluding carboxylic acids is 16. The molecule has 40 nitrogen and oxygen atoms in total. The van der Waals surface area contributed by atoms with Crippen LogP contribution >= 0.6 is 0 Å². The van der Waals surface area contributed by atoms with Gasteiger partial charge >= 0.3 is 5.97 Å². The van der Waals surface area contributed by atoms with Gasteiger partial charge in [-0.15, -0.1) is 0 Å². The molecule has 626 valence electrons. The van der Waals surface area contributed by atoms with E-state index in [0.29, 0.717) is 28.5 Å². The number of primary amides is 2. The van der Waals surface area contributed by atoms with Crippen molar-refractivity contribution in [2.45, 2.75) is 222 Å². The maximum absolute atomic E-state index is 14.9. The number of phenols is 1. The van der Waals surface area contributed by atoms with Crippen molar-refractivity contribution < 1.29 is 102 Å². The van der Waals surface area contributed by atoms with Crippen molar-refractivity contribution in [2.24, 2.45) is 34.8 Å². The quantitative estimate of drug-likeness (QED) is 0.0393. The minimum atomic E-state index is -2.06. The number of carboxylic acid groups (broad SMARTS) is 1. The van der Waals surface area contributed by atoms with E-state index in [1.54, 1.807) is 38.1 Å². The van der Waals surface area contributed by atoms with Gasteiger partial charge in [0.2, 0.25) is 94.5 Å². The monoisotopic (exact) mass is 1600 g/mol. The summed E-state index contributed by atoms with van der Waals surface area (Å²) in [6, 6.07) is -9.36. The Morgan fingerprint density at radius 2 is 0.921 bits per heavy atom. The number of rotatable bonds is 23. The number of H-pyrrole nitrogens is 1. The summed E-state index contributed by atoms with van der Waals surface area (Å²) in [4.78, 5) is 246. The van der Waals surface area contributed by atoms with Crippen LogP contribution in [0.15, 0.2) is 54.7 Å². The van der Waals surface area contributed by atoms with Crippen molar-refractivity contribution in [3.8, 4) is 5.75 Å². The molecule has 2 aromatic carbocycles. The lowest BCUT2D eigenvalue weighted by atomic mass is 10.0. The predicted molar refractivity (Wildman–Crippen MR) is 406 cm³/mol. The highest BCUT2D eigenvalue weighted by Gasteiger charge is 2.46. The van der Waals surface area contributed by atoms with E-state index in [1.807, 2.05) is 0 Å². The van der Waals surface area contributed by atoms with E-state index in [2.05, 4.69) is 68.8 Å². The third-order valence-corrected chi connectivity index (χ3v) is 19.7. The second-order valence-electron chi connectivity index (χ2n) is 29.3. The smallest absolute Gasteiger partial charge is 0.303 e. The van der Waals surface area contributed by atoms with Gasteiger partial charge in [0.25, 0.3) is 0 Å². The summed E-state index contributed by atoms with van der Waals surface area (Å²) in [6.07, 6.45) is -3.01. The van der Waals surface area contributed by atoms with Gasteiger partial charge in [0.15, 0.2) is 0 Å². The molecule has 0 spiro atoms. The lowest BCUT2D eigenvalue weighted by Gasteiger charge is -2.34. The number of nitrogens with one attached hydrogen (secondary N) is 13. The number of benzene rings is 2. The Morgan fingerprint density at radius 3 is 1.43 bits per heavy atom. The molecule has 3 saturated heterocycles. The number of nitrogens with zero attached hydrogens (tertiary/aromatic N) is 2. The number of amides is 16. The van der Waals surface area contributed by atoms with Crippen molar-refractivity contribution in [1.29, 1.82) is 0 Å². The molecule has 0 aliphatic carbocycles. The number of aromatic hydroxyl groups is 1. The number of unbranched alkanes of at least 4 members (excludes halogenated alkanes) is 2. The highest BCUT2D eigenvalue weighted by molar-refractivity contribution is 6.02. The van der Waals surface area contributed by atoms with E-state index in [0.717, 1.165) is 4.90 Å². The van der Waals surface area contributed by atoms with Crippen LogP contribution in [-0.2, 0) is 94.3 Å². The summed E-state index contributed by atoms with van der Waals surface area (Å²) in [5.74, 6) is -20.2. The zero-order valence-electron chi connectivity index (χ0n) is 64.4. The molecule has 0 bridgehead atoms. The number of fused-ring (bicyclic) bond motifs is 3. The Balaban J connectivity index is 1.40. The summed E-state index contributed by atoms with van der Waals surface area (Å²) >= 11 is 0. The van der Waals surface area contributed by atoms with Crippen LogP contribution in [0.3, 0.4) is 0 Å². The zero-order chi connectivity index (χ0) is 84.2. The van der Waals surface area contributed by atoms with Crippen LogP contribution in [0, 0.1) is 11.8 Å². The van der Waals surface area contributed by atoms with E-state index < -0.39 is 236 Å². The third kappa shape index (κ3) is 26.9. The third-order valence-electron chi connectivity index (χ3n) is 19.7. The van der Waals surface area contributed by atoms with Crippen LogP contribution in [0.5, 0.6) is 5.75 Å². The molecule has 0 unspecified atom stereocenters. The van der Waals surface area contributed by atoms with Gasteiger partial charge in [-0.25, -0.2) is 0 Å². The first kappa shape index (κ1) is 91.5. The Hall–Kier alpha value is -11.4. The topological polar surface area (TPSA) is 642 Å². The van der Waals surface area contributed by atoms with Crippen molar-refractivity contribution in [3.05, 3.63) is 65.9 Å². The molecule has 3 aliphatic rings. The van der Waals surface area contributed by atoms with Crippen molar-refractivity contribution in [3.63, 3.8) is 0 Å². The summed E-state index contributed by atoms with van der Waals surface area (Å²) in [6.45, 7) is 5.40. The number of aliphatic carboxylic acids is 1. The second-order valence-corrected chi connectivity index (χ2v) is 29.3. The van der Waals surface area contributed by atoms with Gasteiger partial charge < -0.3 is 122 Å². The highest BCUT2D eigenvalue weighted by atomic mass is 16.4. The maximum Gasteiger partial charge on any atom is 0.303 e. The molecular formula is C74H109N19O21. The molecule has 3 aromatic rings. The highest BCUT2D eigenvalue weighted by Crippen LogP contribution is 2.28. The number of aromatic amines is 1. The number of hydrogen-bond acceptors (Lipinski definition) is 22. The molecule has 114 heavy (non-hydrogen) atoms. The number of aliphatic hydroxyl groups is 2. The average molecular weight is 1600 g/mol. The average Bonchev–Trinajstić information content (AvgIpc) is 1.62. The van der Waals surface area contributed by atoms with Crippen LogP contribution in [-0.4, -0.2) is 260 Å². The number of para-hydroxylation sites is 1. The van der Waals surface area contributed by atoms with E-state index >= 15 is 0 Å². The molecule has 0 radical (unpaired) electrons. The van der Waals surface area contributed by atoms with Gasteiger partial charge in [-0.2, -0.15) is 0 Å². The molecule has 16 amide bonds. The fourth-order valence-electron chi connectivity index (χ4n) is 13.5. The molecule has 14 atom stereocenters. The number of carboxylic acids is 1. The number of phenolic OH excluding ortho intramolecular Hbond substituents is 1. The van der Waals surface area contributed by atoms with Crippen LogP contribution < -0.4 is 86.7 Å². The van der Waals surface area contributed by atoms with E-state index in [1.165, 1.54) is 56.1 Å². The first-order valence-corrected chi connectivity index (χ1v) is 38.1. The van der Waals surface area contributed by atoms with Crippen LogP contribution in [0.25, 0.3) is 10.9 Å². The molecule has 1 aromatic heterocycles. The number of aromatic nitrogens is 1. The fourth-order valence-corrected chi connectivity index (χ4v) is 13.5. The molecule has 4 heterocycles. The summed E-state index contributed by atoms with van der Waals surface area (Å²) in [5, 5.41) is 72.0. The minimum Gasteiger partial charge on any atom is -0.508 e. The van der Waals surface area contributed by atoms with Crippen LogP contribution in [0.1, 0.15) is 136 Å². The Kier molecular flexibility index (Phi) is 35.4. The maximum atomic E-state index is 14.9. The SMILES string of the molecule is CC(C)[C@@H]1NC(=O)CNC(=O)[C@H](Cc2ccc(O)cc2)NC(=O)[C@H](CC(N)=O)NC(=O)[C@H](CCCCN)NC(=O)[C@H](C(C)C)NC(=O)[C@@H]2CCCN2C(=O)[C@H]2CCCN2C(=O)[C@H]([C@@H](C)O)NC(=O)[C@H](Cc2c[nH]c3ccccc23)NC(=O)[C@H](CCC(=O)O)NC(=O)[C@H](CO)NC(=O)[C@H](CC(N)=O)NC(=O)[C@H](CCCCN)NC1=O. The van der Waals surface area contributed by atoms with Gasteiger partial charge in [0, 0.05) is 49.5 Å². The van der Waals surface area contributed by atoms with E-state index in [-0.39, 0.29) is 103 Å². The van der Waals surface area contributed by atoms with Gasteiger partial charge in [-0.1, -0.05) is 58.0 Å². The number of aliphatic hydroxyl groups excluding tert-OH is 2. The molecule has 3 aliphatic heterocycles. The summed E-state index contributed by atoms with van der Waals surface area (Å²) in [7, 11) is 0. The Bertz CT molecular complexity index is 3950. The van der Waals surface area contributed by atoms with Gasteiger partial charge in [0.05, 0.1) is 32.1 Å². The van der Waals surface area contributed by atoms with Gasteiger partial charge in [-0.05, 0) is 132 Å². The Labute approximate surface area is 657 Å². The minimum absolute atomic E-state index is 0.000153. The van der Waals surface area contributed by atoms with Crippen LogP contribution in [0.4, 0.5) is 0 Å². The number of carbonyl (C=O) groups is 17. The largest absolute Gasteiger partial charge is 0.508 e. The lowest BCUT2D eigenvalue weighted by Crippen LogP contribution is -2.62. The fraction of sp³-hybridized carbons (Fsp3) is 0.581. The first-order valence-electron chi connectivity index (χ1n) is 38.1. The predicted octanol–water partition coefficient (Wildman–Crippen LogP) is -6.34.